The van der Waals surface area contributed by atoms with Crippen LogP contribution in [0.25, 0.3) is 16.9 Å². The first-order valence-corrected chi connectivity index (χ1v) is 8.33. The van der Waals surface area contributed by atoms with Gasteiger partial charge >= 0.3 is 0 Å². The Balaban J connectivity index is 1.80. The number of benzene rings is 1. The number of aldehydes is 1. The lowest BCUT2D eigenvalue weighted by molar-refractivity contribution is 0.111. The molecule has 7 nitrogen and oxygen atoms in total. The van der Waals surface area contributed by atoms with E-state index in [4.69, 9.17) is 11.6 Å². The number of anilines is 1. The summed E-state index contributed by atoms with van der Waals surface area (Å²) >= 11 is 6.27. The molecule has 0 unspecified atom stereocenters. The van der Waals surface area contributed by atoms with Crippen LogP contribution in [0.5, 0.6) is 0 Å². The van der Waals surface area contributed by atoms with Gasteiger partial charge in [0, 0.05) is 42.5 Å². The van der Waals surface area contributed by atoms with Crippen molar-refractivity contribution in [3.05, 3.63) is 65.1 Å². The van der Waals surface area contributed by atoms with Crippen LogP contribution in [-0.2, 0) is 6.54 Å². The molecule has 0 amide bonds. The zero-order valence-corrected chi connectivity index (χ0v) is 14.7. The molecule has 4 aromatic rings. The Morgan fingerprint density at radius 1 is 1.31 bits per heavy atom. The highest BCUT2D eigenvalue weighted by molar-refractivity contribution is 6.31. The van der Waals surface area contributed by atoms with Gasteiger partial charge in [0.05, 0.1) is 11.9 Å². The van der Waals surface area contributed by atoms with Gasteiger partial charge in [0.1, 0.15) is 11.5 Å². The SMILES string of the molecule is CN(Cc1ccccc1Cl)c1cc(-c2cn[nH]c2)n2nc(C=O)cc2n1. The van der Waals surface area contributed by atoms with Gasteiger partial charge in [0.2, 0.25) is 0 Å². The number of H-pyrrole nitrogens is 1. The van der Waals surface area contributed by atoms with E-state index in [-0.39, 0.29) is 0 Å². The second-order valence-electron chi connectivity index (χ2n) is 5.89. The molecule has 1 N–H and O–H groups in total. The number of aromatic amines is 1. The van der Waals surface area contributed by atoms with Crippen LogP contribution in [-0.4, -0.2) is 38.1 Å². The average molecular weight is 367 g/mol. The highest BCUT2D eigenvalue weighted by Crippen LogP contribution is 2.26. The van der Waals surface area contributed by atoms with Crippen LogP contribution in [0.1, 0.15) is 16.1 Å². The van der Waals surface area contributed by atoms with E-state index in [2.05, 4.69) is 20.3 Å². The van der Waals surface area contributed by atoms with Gasteiger partial charge in [-0.1, -0.05) is 29.8 Å². The molecule has 0 fully saturated rings. The summed E-state index contributed by atoms with van der Waals surface area (Å²) in [5, 5.41) is 11.8. The first-order chi connectivity index (χ1) is 12.7. The summed E-state index contributed by atoms with van der Waals surface area (Å²) in [7, 11) is 1.94. The molecule has 0 aliphatic rings. The minimum Gasteiger partial charge on any atom is -0.355 e. The molecule has 0 saturated carbocycles. The Bertz CT molecular complexity index is 1070. The van der Waals surface area contributed by atoms with Crippen LogP contribution < -0.4 is 4.90 Å². The van der Waals surface area contributed by atoms with Crippen molar-refractivity contribution in [2.45, 2.75) is 6.54 Å². The Morgan fingerprint density at radius 3 is 2.88 bits per heavy atom. The lowest BCUT2D eigenvalue weighted by Gasteiger charge is -2.20. The fraction of sp³-hybridized carbons (Fsp3) is 0.111. The molecule has 4 rings (SSSR count). The summed E-state index contributed by atoms with van der Waals surface area (Å²) in [6, 6.07) is 11.3. The van der Waals surface area contributed by atoms with Gasteiger partial charge in [0.15, 0.2) is 11.9 Å². The molecule has 3 heterocycles. The van der Waals surface area contributed by atoms with Gasteiger partial charge in [-0.25, -0.2) is 9.50 Å². The van der Waals surface area contributed by atoms with E-state index in [1.54, 1.807) is 23.0 Å². The van der Waals surface area contributed by atoms with E-state index in [0.717, 1.165) is 22.6 Å². The molecule has 130 valence electrons. The molecule has 0 aliphatic carbocycles. The standard InChI is InChI=1S/C18H15ClN6O/c1-24(10-12-4-2-3-5-15(12)19)17-7-16(13-8-20-21-9-13)25-18(22-17)6-14(11-26)23-25/h2-9,11H,10H2,1H3,(H,20,21). The van der Waals surface area contributed by atoms with E-state index in [1.807, 2.05) is 42.3 Å². The van der Waals surface area contributed by atoms with E-state index in [0.29, 0.717) is 29.2 Å². The second-order valence-corrected chi connectivity index (χ2v) is 6.30. The zero-order chi connectivity index (χ0) is 18.1. The molecule has 0 spiro atoms. The fourth-order valence-corrected chi connectivity index (χ4v) is 2.99. The number of halogens is 1. The Kier molecular flexibility index (Phi) is 4.14. The quantitative estimate of drug-likeness (QED) is 0.548. The summed E-state index contributed by atoms with van der Waals surface area (Å²) in [5.41, 5.74) is 3.56. The Labute approximate surface area is 154 Å². The predicted molar refractivity (Wildman–Crippen MR) is 99.5 cm³/mol. The van der Waals surface area contributed by atoms with E-state index < -0.39 is 0 Å². The monoisotopic (exact) mass is 366 g/mol. The highest BCUT2D eigenvalue weighted by atomic mass is 35.5. The van der Waals surface area contributed by atoms with Gasteiger partial charge in [-0.2, -0.15) is 10.2 Å². The van der Waals surface area contributed by atoms with Gasteiger partial charge in [-0.05, 0) is 11.6 Å². The number of nitrogens with zero attached hydrogens (tertiary/aromatic N) is 5. The number of hydrogen-bond donors (Lipinski definition) is 1. The zero-order valence-electron chi connectivity index (χ0n) is 13.9. The van der Waals surface area contributed by atoms with Crippen molar-refractivity contribution in [1.82, 2.24) is 24.8 Å². The highest BCUT2D eigenvalue weighted by Gasteiger charge is 2.15. The van der Waals surface area contributed by atoms with Crippen molar-refractivity contribution in [3.63, 3.8) is 0 Å². The molecule has 1 aromatic carbocycles. The van der Waals surface area contributed by atoms with Crippen molar-refractivity contribution in [2.24, 2.45) is 0 Å². The Hall–Kier alpha value is -3.19. The predicted octanol–water partition coefficient (Wildman–Crippen LogP) is 3.22. The number of hydrogen-bond acceptors (Lipinski definition) is 5. The third-order valence-electron chi connectivity index (χ3n) is 4.10. The molecular weight excluding hydrogens is 352 g/mol. The molecule has 0 saturated heterocycles. The summed E-state index contributed by atoms with van der Waals surface area (Å²) in [5.74, 6) is 0.742. The molecule has 26 heavy (non-hydrogen) atoms. The van der Waals surface area contributed by atoms with E-state index in [9.17, 15) is 4.79 Å². The van der Waals surface area contributed by atoms with Crippen molar-refractivity contribution < 1.29 is 4.79 Å². The summed E-state index contributed by atoms with van der Waals surface area (Å²) < 4.78 is 1.64. The van der Waals surface area contributed by atoms with Crippen LogP contribution in [0, 0.1) is 0 Å². The number of carbonyl (C=O) groups is 1. The van der Waals surface area contributed by atoms with Crippen LogP contribution in [0.4, 0.5) is 5.82 Å². The molecular formula is C18H15ClN6O. The molecule has 0 bridgehead atoms. The summed E-state index contributed by atoms with van der Waals surface area (Å²) in [4.78, 5) is 17.8. The number of rotatable bonds is 5. The van der Waals surface area contributed by atoms with Crippen molar-refractivity contribution in [3.8, 4) is 11.3 Å². The number of carbonyl (C=O) groups excluding carboxylic acids is 1. The average Bonchev–Trinajstić information content (AvgIpc) is 3.32. The molecule has 0 aliphatic heterocycles. The van der Waals surface area contributed by atoms with Crippen LogP contribution in [0.2, 0.25) is 5.02 Å². The third kappa shape index (κ3) is 2.93. The minimum absolute atomic E-state index is 0.327. The molecule has 0 radical (unpaired) electrons. The van der Waals surface area contributed by atoms with E-state index >= 15 is 0 Å². The minimum atomic E-state index is 0.327. The lowest BCUT2D eigenvalue weighted by Crippen LogP contribution is -2.18. The summed E-state index contributed by atoms with van der Waals surface area (Å²) in [6.45, 7) is 0.600. The molecule has 3 aromatic heterocycles. The van der Waals surface area contributed by atoms with Gasteiger partial charge in [0.25, 0.3) is 0 Å². The largest absolute Gasteiger partial charge is 0.355 e. The maximum atomic E-state index is 11.1. The molecule has 8 heteroatoms. The first-order valence-electron chi connectivity index (χ1n) is 7.95. The normalized spacial score (nSPS) is 11.0. The Morgan fingerprint density at radius 2 is 2.15 bits per heavy atom. The fourth-order valence-electron chi connectivity index (χ4n) is 2.79. The smallest absolute Gasteiger partial charge is 0.170 e. The van der Waals surface area contributed by atoms with Crippen molar-refractivity contribution in [1.29, 1.82) is 0 Å². The maximum Gasteiger partial charge on any atom is 0.170 e. The maximum absolute atomic E-state index is 11.1. The van der Waals surface area contributed by atoms with Crippen molar-refractivity contribution >= 4 is 29.4 Å². The number of nitrogens with one attached hydrogen (secondary N) is 1. The lowest BCUT2D eigenvalue weighted by atomic mass is 10.2. The van der Waals surface area contributed by atoms with Gasteiger partial charge in [-0.15, -0.1) is 0 Å². The van der Waals surface area contributed by atoms with E-state index in [1.165, 1.54) is 0 Å². The number of fused-ring (bicyclic) bond motifs is 1. The van der Waals surface area contributed by atoms with Crippen LogP contribution >= 0.6 is 11.6 Å². The number of aromatic nitrogens is 5. The second kappa shape index (κ2) is 6.61. The first kappa shape index (κ1) is 16.3. The molecule has 0 atom stereocenters. The summed E-state index contributed by atoms with van der Waals surface area (Å²) in [6.07, 6.45) is 4.19. The van der Waals surface area contributed by atoms with Crippen molar-refractivity contribution in [2.75, 3.05) is 11.9 Å². The van der Waals surface area contributed by atoms with Crippen LogP contribution in [0.15, 0.2) is 48.8 Å². The topological polar surface area (TPSA) is 79.2 Å². The third-order valence-corrected chi connectivity index (χ3v) is 4.47. The van der Waals surface area contributed by atoms with Crippen LogP contribution in [0.3, 0.4) is 0 Å². The van der Waals surface area contributed by atoms with Gasteiger partial charge in [-0.3, -0.25) is 9.89 Å². The van der Waals surface area contributed by atoms with Gasteiger partial charge < -0.3 is 4.90 Å².